The Kier molecular flexibility index (Phi) is 3.20. The van der Waals surface area contributed by atoms with Crippen LogP contribution in [0, 0.1) is 5.41 Å². The molecule has 0 aromatic rings. The van der Waals surface area contributed by atoms with Crippen molar-refractivity contribution in [3.63, 3.8) is 0 Å². The predicted molar refractivity (Wildman–Crippen MR) is 69.0 cm³/mol. The van der Waals surface area contributed by atoms with Crippen LogP contribution in [0.3, 0.4) is 0 Å². The van der Waals surface area contributed by atoms with Crippen molar-refractivity contribution in [3.8, 4) is 0 Å². The summed E-state index contributed by atoms with van der Waals surface area (Å²) < 4.78 is 17.3. The first-order valence-electron chi connectivity index (χ1n) is 7.00. The SMILES string of the molecule is C=CCOCC[C@@]12CCCC[C@@]13C=CO[C@@H](C2)O3. The predicted octanol–water partition coefficient (Wildman–Crippen LogP) is 3.17. The summed E-state index contributed by atoms with van der Waals surface area (Å²) in [5, 5.41) is 0. The largest absolute Gasteiger partial charge is 0.473 e. The standard InChI is InChI=1S/C15H22O3/c1-2-9-16-10-7-14-5-3-4-6-15(14)8-11-17-13(12-14)18-15/h2,8,11,13H,1,3-7,9-10,12H2/t13-,14-,15-/m1/s1. The molecule has 0 N–H and O–H groups in total. The molecule has 3 heteroatoms. The van der Waals surface area contributed by atoms with Gasteiger partial charge in [0.1, 0.15) is 0 Å². The van der Waals surface area contributed by atoms with Crippen LogP contribution in [0.25, 0.3) is 0 Å². The van der Waals surface area contributed by atoms with Crippen LogP contribution in [0.15, 0.2) is 25.0 Å². The molecule has 0 aromatic carbocycles. The molecule has 18 heavy (non-hydrogen) atoms. The third-order valence-electron chi connectivity index (χ3n) is 4.78. The van der Waals surface area contributed by atoms with Crippen molar-refractivity contribution in [2.45, 2.75) is 50.4 Å². The van der Waals surface area contributed by atoms with E-state index in [1.165, 1.54) is 19.3 Å². The summed E-state index contributed by atoms with van der Waals surface area (Å²) in [6.07, 6.45) is 12.8. The van der Waals surface area contributed by atoms with Gasteiger partial charge in [0.05, 0.1) is 18.5 Å². The van der Waals surface area contributed by atoms with E-state index in [0.717, 1.165) is 25.9 Å². The maximum Gasteiger partial charge on any atom is 0.200 e. The second-order valence-electron chi connectivity index (χ2n) is 5.68. The molecule has 0 amide bonds. The van der Waals surface area contributed by atoms with E-state index < -0.39 is 0 Å². The van der Waals surface area contributed by atoms with Gasteiger partial charge in [-0.25, -0.2) is 0 Å². The van der Waals surface area contributed by atoms with Gasteiger partial charge in [0.15, 0.2) is 0 Å². The first kappa shape index (κ1) is 12.2. The Labute approximate surface area is 109 Å². The van der Waals surface area contributed by atoms with Crippen LogP contribution in [0.5, 0.6) is 0 Å². The lowest BCUT2D eigenvalue weighted by molar-refractivity contribution is -0.164. The number of fused-ring (bicyclic) bond motifs is 1. The maximum absolute atomic E-state index is 6.16. The van der Waals surface area contributed by atoms with Crippen molar-refractivity contribution in [1.82, 2.24) is 0 Å². The monoisotopic (exact) mass is 250 g/mol. The smallest absolute Gasteiger partial charge is 0.200 e. The Bertz CT molecular complexity index is 352. The molecule has 1 aliphatic carbocycles. The van der Waals surface area contributed by atoms with E-state index in [2.05, 4.69) is 12.7 Å². The third kappa shape index (κ3) is 1.81. The summed E-state index contributed by atoms with van der Waals surface area (Å²) in [5.74, 6) is 0. The summed E-state index contributed by atoms with van der Waals surface area (Å²) in [6.45, 7) is 5.11. The van der Waals surface area contributed by atoms with Gasteiger partial charge >= 0.3 is 0 Å². The molecule has 1 saturated heterocycles. The summed E-state index contributed by atoms with van der Waals surface area (Å²) in [4.78, 5) is 0. The second-order valence-corrected chi connectivity index (χ2v) is 5.68. The highest BCUT2D eigenvalue weighted by atomic mass is 16.7. The molecule has 3 aliphatic rings. The van der Waals surface area contributed by atoms with E-state index in [4.69, 9.17) is 14.2 Å². The quantitative estimate of drug-likeness (QED) is 0.554. The van der Waals surface area contributed by atoms with Gasteiger partial charge < -0.3 is 14.2 Å². The zero-order valence-corrected chi connectivity index (χ0v) is 10.9. The Balaban J connectivity index is 1.74. The van der Waals surface area contributed by atoms with Crippen molar-refractivity contribution in [3.05, 3.63) is 25.0 Å². The lowest BCUT2D eigenvalue weighted by atomic mass is 9.61. The Morgan fingerprint density at radius 1 is 1.39 bits per heavy atom. The van der Waals surface area contributed by atoms with Crippen molar-refractivity contribution in [2.24, 2.45) is 5.41 Å². The van der Waals surface area contributed by atoms with Crippen molar-refractivity contribution >= 4 is 0 Å². The van der Waals surface area contributed by atoms with E-state index in [1.807, 2.05) is 6.26 Å². The zero-order chi connectivity index (χ0) is 12.5. The van der Waals surface area contributed by atoms with Crippen LogP contribution < -0.4 is 0 Å². The molecular formula is C15H22O3. The lowest BCUT2D eigenvalue weighted by Gasteiger charge is -2.46. The van der Waals surface area contributed by atoms with Crippen molar-refractivity contribution < 1.29 is 14.2 Å². The molecular weight excluding hydrogens is 228 g/mol. The Morgan fingerprint density at radius 2 is 2.28 bits per heavy atom. The minimum Gasteiger partial charge on any atom is -0.473 e. The molecule has 1 spiro atoms. The van der Waals surface area contributed by atoms with Crippen molar-refractivity contribution in [2.75, 3.05) is 13.2 Å². The molecule has 2 aliphatic heterocycles. The average Bonchev–Trinajstić information content (AvgIpc) is 2.61. The molecule has 2 bridgehead atoms. The summed E-state index contributed by atoms with van der Waals surface area (Å²) in [7, 11) is 0. The van der Waals surface area contributed by atoms with Gasteiger partial charge in [-0.3, -0.25) is 0 Å². The summed E-state index contributed by atoms with van der Waals surface area (Å²) in [6, 6.07) is 0. The molecule has 3 atom stereocenters. The van der Waals surface area contributed by atoms with Gasteiger partial charge in [0.25, 0.3) is 0 Å². The van der Waals surface area contributed by atoms with Gasteiger partial charge in [-0.2, -0.15) is 0 Å². The van der Waals surface area contributed by atoms with Gasteiger partial charge in [-0.15, -0.1) is 6.58 Å². The number of hydrogen-bond acceptors (Lipinski definition) is 3. The average molecular weight is 250 g/mol. The molecule has 0 aromatic heterocycles. The van der Waals surface area contributed by atoms with Gasteiger partial charge in [-0.05, 0) is 25.3 Å². The fourth-order valence-corrected chi connectivity index (χ4v) is 3.87. The minimum atomic E-state index is -0.0777. The lowest BCUT2D eigenvalue weighted by Crippen LogP contribution is -2.47. The number of rotatable bonds is 5. The maximum atomic E-state index is 6.16. The number of hydrogen-bond donors (Lipinski definition) is 0. The van der Waals surface area contributed by atoms with Crippen molar-refractivity contribution in [1.29, 1.82) is 0 Å². The van der Waals surface area contributed by atoms with Gasteiger partial charge in [-0.1, -0.05) is 18.9 Å². The van der Waals surface area contributed by atoms with E-state index in [0.29, 0.717) is 6.61 Å². The zero-order valence-electron chi connectivity index (χ0n) is 10.9. The fraction of sp³-hybridized carbons (Fsp3) is 0.733. The topological polar surface area (TPSA) is 27.7 Å². The van der Waals surface area contributed by atoms with Crippen LogP contribution in [0.4, 0.5) is 0 Å². The molecule has 0 unspecified atom stereocenters. The van der Waals surface area contributed by atoms with Crippen LogP contribution in [-0.4, -0.2) is 25.1 Å². The first-order valence-corrected chi connectivity index (χ1v) is 7.00. The Hall–Kier alpha value is -0.800. The highest BCUT2D eigenvalue weighted by Crippen LogP contribution is 2.59. The highest BCUT2D eigenvalue weighted by molar-refractivity contribution is 5.18. The van der Waals surface area contributed by atoms with Gasteiger partial charge in [0.2, 0.25) is 6.29 Å². The normalized spacial score (nSPS) is 41.2. The first-order chi connectivity index (χ1) is 8.80. The molecule has 2 fully saturated rings. The number of ether oxygens (including phenoxy) is 3. The minimum absolute atomic E-state index is 0.0347. The summed E-state index contributed by atoms with van der Waals surface area (Å²) >= 11 is 0. The third-order valence-corrected chi connectivity index (χ3v) is 4.78. The second kappa shape index (κ2) is 4.71. The summed E-state index contributed by atoms with van der Waals surface area (Å²) in [5.41, 5.74) is 0.149. The molecule has 2 heterocycles. The highest BCUT2D eigenvalue weighted by Gasteiger charge is 2.60. The molecule has 100 valence electrons. The van der Waals surface area contributed by atoms with Crippen LogP contribution in [0.2, 0.25) is 0 Å². The molecule has 3 nitrogen and oxygen atoms in total. The molecule has 1 saturated carbocycles. The fourth-order valence-electron chi connectivity index (χ4n) is 3.87. The van der Waals surface area contributed by atoms with E-state index in [9.17, 15) is 0 Å². The van der Waals surface area contributed by atoms with E-state index in [-0.39, 0.29) is 17.3 Å². The van der Waals surface area contributed by atoms with Crippen LogP contribution >= 0.6 is 0 Å². The molecule has 0 radical (unpaired) electrons. The van der Waals surface area contributed by atoms with Crippen LogP contribution in [-0.2, 0) is 14.2 Å². The Morgan fingerprint density at radius 3 is 3.17 bits per heavy atom. The van der Waals surface area contributed by atoms with E-state index in [1.54, 1.807) is 6.08 Å². The van der Waals surface area contributed by atoms with E-state index >= 15 is 0 Å². The molecule has 3 rings (SSSR count). The van der Waals surface area contributed by atoms with Gasteiger partial charge in [0, 0.05) is 18.4 Å². The van der Waals surface area contributed by atoms with Crippen LogP contribution in [0.1, 0.15) is 38.5 Å².